The van der Waals surface area contributed by atoms with Gasteiger partial charge in [0.1, 0.15) is 5.65 Å². The van der Waals surface area contributed by atoms with E-state index in [2.05, 4.69) is 4.98 Å². The molecule has 8 heteroatoms. The lowest BCUT2D eigenvalue weighted by atomic mass is 10.2. The van der Waals surface area contributed by atoms with Crippen molar-refractivity contribution in [2.24, 2.45) is 0 Å². The summed E-state index contributed by atoms with van der Waals surface area (Å²) in [6.45, 7) is 4.59. The number of pyridine rings is 1. The average Bonchev–Trinajstić information content (AvgIpc) is 2.95. The number of benzene rings is 1. The van der Waals surface area contributed by atoms with E-state index in [1.54, 1.807) is 29.2 Å². The molecule has 1 N–H and O–H groups in total. The predicted octanol–water partition coefficient (Wildman–Crippen LogP) is 2.17. The monoisotopic (exact) mass is 328 g/mol. The molecule has 0 fully saturated rings. The van der Waals surface area contributed by atoms with Gasteiger partial charge in [-0.25, -0.2) is 0 Å². The van der Waals surface area contributed by atoms with Gasteiger partial charge in [0.25, 0.3) is 5.91 Å². The molecule has 1 aromatic carbocycles. The summed E-state index contributed by atoms with van der Waals surface area (Å²) in [4.78, 5) is 40.3. The Morgan fingerprint density at radius 1 is 1.29 bits per heavy atom. The molecule has 2 heterocycles. The maximum absolute atomic E-state index is 12.8. The van der Waals surface area contributed by atoms with Crippen molar-refractivity contribution in [3.05, 3.63) is 56.4 Å². The Morgan fingerprint density at radius 2 is 1.96 bits per heavy atom. The first-order chi connectivity index (χ1) is 11.5. The number of imidazole rings is 1. The highest BCUT2D eigenvalue weighted by Gasteiger charge is 2.26. The molecule has 3 rings (SSSR count). The summed E-state index contributed by atoms with van der Waals surface area (Å²) in [6, 6.07) is 8.00. The third-order valence-corrected chi connectivity index (χ3v) is 4.06. The van der Waals surface area contributed by atoms with E-state index in [9.17, 15) is 19.7 Å². The normalized spacial score (nSPS) is 11.1. The number of amides is 1. The van der Waals surface area contributed by atoms with Gasteiger partial charge in [0.2, 0.25) is 0 Å². The van der Waals surface area contributed by atoms with Gasteiger partial charge in [-0.3, -0.25) is 24.1 Å². The molecule has 0 radical (unpaired) electrons. The van der Waals surface area contributed by atoms with Gasteiger partial charge in [-0.05, 0) is 26.0 Å². The summed E-state index contributed by atoms with van der Waals surface area (Å²) in [7, 11) is 0. The molecule has 0 atom stereocenters. The van der Waals surface area contributed by atoms with Crippen molar-refractivity contribution in [3.8, 4) is 0 Å². The van der Waals surface area contributed by atoms with Gasteiger partial charge in [-0.2, -0.15) is 0 Å². The number of nitro groups is 1. The van der Waals surface area contributed by atoms with Crippen molar-refractivity contribution in [2.45, 2.75) is 13.8 Å². The van der Waals surface area contributed by atoms with Crippen LogP contribution >= 0.6 is 0 Å². The highest BCUT2D eigenvalue weighted by molar-refractivity contribution is 6.02. The van der Waals surface area contributed by atoms with E-state index in [1.807, 2.05) is 13.8 Å². The van der Waals surface area contributed by atoms with Crippen LogP contribution in [0, 0.1) is 10.1 Å². The molecule has 0 aliphatic carbocycles. The molecular formula is C16H16N4O4. The topological polar surface area (TPSA) is 101 Å². The van der Waals surface area contributed by atoms with E-state index >= 15 is 0 Å². The number of carbonyl (C=O) groups excluding carboxylic acids is 1. The highest BCUT2D eigenvalue weighted by Crippen LogP contribution is 2.21. The molecule has 0 unspecified atom stereocenters. The summed E-state index contributed by atoms with van der Waals surface area (Å²) in [5.74, 6) is -0.354. The number of fused-ring (bicyclic) bond motifs is 3. The van der Waals surface area contributed by atoms with Crippen molar-refractivity contribution < 1.29 is 9.72 Å². The fourth-order valence-corrected chi connectivity index (χ4v) is 2.83. The Bertz CT molecular complexity index is 1010. The van der Waals surface area contributed by atoms with Crippen LogP contribution in [0.5, 0.6) is 0 Å². The second-order valence-corrected chi connectivity index (χ2v) is 5.31. The van der Waals surface area contributed by atoms with E-state index in [4.69, 9.17) is 0 Å². The second kappa shape index (κ2) is 5.80. The van der Waals surface area contributed by atoms with E-state index in [1.165, 1.54) is 4.40 Å². The van der Waals surface area contributed by atoms with Crippen LogP contribution in [0.15, 0.2) is 35.1 Å². The first-order valence-electron chi connectivity index (χ1n) is 7.59. The third-order valence-electron chi connectivity index (χ3n) is 4.06. The zero-order chi connectivity index (χ0) is 17.4. The van der Waals surface area contributed by atoms with E-state index < -0.39 is 16.2 Å². The number of nitrogens with one attached hydrogen (secondary N) is 1. The molecule has 0 spiro atoms. The van der Waals surface area contributed by atoms with Gasteiger partial charge in [0.15, 0.2) is 0 Å². The Labute approximate surface area is 136 Å². The minimum atomic E-state index is -0.761. The molecule has 24 heavy (non-hydrogen) atoms. The number of hydrogen-bond acceptors (Lipinski definition) is 4. The number of aromatic nitrogens is 2. The predicted molar refractivity (Wildman–Crippen MR) is 89.4 cm³/mol. The van der Waals surface area contributed by atoms with Crippen LogP contribution in [0.25, 0.3) is 16.7 Å². The summed E-state index contributed by atoms with van der Waals surface area (Å²) >= 11 is 0. The van der Waals surface area contributed by atoms with E-state index in [-0.39, 0.29) is 17.1 Å². The molecular weight excluding hydrogens is 312 g/mol. The van der Waals surface area contributed by atoms with Gasteiger partial charge >= 0.3 is 11.2 Å². The van der Waals surface area contributed by atoms with Crippen molar-refractivity contribution in [2.75, 3.05) is 13.1 Å². The zero-order valence-electron chi connectivity index (χ0n) is 13.3. The molecule has 0 saturated heterocycles. The molecule has 8 nitrogen and oxygen atoms in total. The Hall–Kier alpha value is -3.16. The summed E-state index contributed by atoms with van der Waals surface area (Å²) in [6.07, 6.45) is 0. The molecule has 0 aliphatic heterocycles. The quantitative estimate of drug-likeness (QED) is 0.586. The molecule has 124 valence electrons. The average molecular weight is 328 g/mol. The van der Waals surface area contributed by atoms with Gasteiger partial charge in [-0.15, -0.1) is 0 Å². The smallest absolute Gasteiger partial charge is 0.335 e. The molecule has 0 aliphatic rings. The van der Waals surface area contributed by atoms with Crippen molar-refractivity contribution in [1.82, 2.24) is 14.3 Å². The maximum Gasteiger partial charge on any atom is 0.335 e. The third kappa shape index (κ3) is 2.23. The lowest BCUT2D eigenvalue weighted by Gasteiger charge is -2.18. The SMILES string of the molecule is CCN(CC)C(=O)c1cc([N+](=O)[O-])c(=O)n2c1[nH]c1ccccc12. The number of rotatable bonds is 4. The van der Waals surface area contributed by atoms with Crippen LogP contribution in [0.1, 0.15) is 24.2 Å². The van der Waals surface area contributed by atoms with Crippen molar-refractivity contribution >= 4 is 28.3 Å². The van der Waals surface area contributed by atoms with Crippen LogP contribution < -0.4 is 5.56 Å². The second-order valence-electron chi connectivity index (χ2n) is 5.31. The standard InChI is InChI=1S/C16H16N4O4/c1-3-18(4-2)15(21)10-9-13(20(23)24)16(22)19-12-8-6-5-7-11(12)17-14(10)19/h5-9,17H,3-4H2,1-2H3. The minimum absolute atomic E-state index is 0.112. The van der Waals surface area contributed by atoms with Crippen LogP contribution in [0.4, 0.5) is 5.69 Å². The van der Waals surface area contributed by atoms with Gasteiger partial charge < -0.3 is 9.88 Å². The van der Waals surface area contributed by atoms with E-state index in [0.717, 1.165) is 6.07 Å². The highest BCUT2D eigenvalue weighted by atomic mass is 16.6. The van der Waals surface area contributed by atoms with Gasteiger partial charge in [-0.1, -0.05) is 12.1 Å². The number of H-pyrrole nitrogens is 1. The summed E-state index contributed by atoms with van der Waals surface area (Å²) in [5.41, 5.74) is 0.125. The number of hydrogen-bond donors (Lipinski definition) is 1. The largest absolute Gasteiger partial charge is 0.339 e. The van der Waals surface area contributed by atoms with Crippen LogP contribution in [-0.4, -0.2) is 38.2 Å². The van der Waals surface area contributed by atoms with Crippen LogP contribution in [0.3, 0.4) is 0 Å². The Balaban J connectivity index is 2.44. The number of carbonyl (C=O) groups is 1. The first kappa shape index (κ1) is 15.7. The van der Waals surface area contributed by atoms with E-state index in [0.29, 0.717) is 24.1 Å². The van der Waals surface area contributed by atoms with Gasteiger partial charge in [0, 0.05) is 19.2 Å². The van der Waals surface area contributed by atoms with Crippen molar-refractivity contribution in [1.29, 1.82) is 0 Å². The minimum Gasteiger partial charge on any atom is -0.339 e. The van der Waals surface area contributed by atoms with Crippen LogP contribution in [-0.2, 0) is 0 Å². The Morgan fingerprint density at radius 3 is 2.58 bits per heavy atom. The van der Waals surface area contributed by atoms with Crippen LogP contribution in [0.2, 0.25) is 0 Å². The lowest BCUT2D eigenvalue weighted by molar-refractivity contribution is -0.386. The maximum atomic E-state index is 12.8. The number of aromatic amines is 1. The first-order valence-corrected chi connectivity index (χ1v) is 7.59. The summed E-state index contributed by atoms with van der Waals surface area (Å²) in [5, 5.41) is 11.3. The zero-order valence-corrected chi connectivity index (χ0v) is 13.3. The fourth-order valence-electron chi connectivity index (χ4n) is 2.83. The molecule has 3 aromatic rings. The lowest BCUT2D eigenvalue weighted by Crippen LogP contribution is -2.32. The molecule has 2 aromatic heterocycles. The van der Waals surface area contributed by atoms with Crippen molar-refractivity contribution in [3.63, 3.8) is 0 Å². The summed E-state index contributed by atoms with van der Waals surface area (Å²) < 4.78 is 1.20. The van der Waals surface area contributed by atoms with Gasteiger partial charge in [0.05, 0.1) is 21.5 Å². The molecule has 0 saturated carbocycles. The molecule has 0 bridgehead atoms. The molecule has 1 amide bonds. The fraction of sp³-hybridized carbons (Fsp3) is 0.250. The Kier molecular flexibility index (Phi) is 3.80. The number of nitrogens with zero attached hydrogens (tertiary/aromatic N) is 3. The number of para-hydroxylation sites is 2.